The summed E-state index contributed by atoms with van der Waals surface area (Å²) in [5, 5.41) is 7.08. The van der Waals surface area contributed by atoms with Crippen LogP contribution in [-0.2, 0) is 23.0 Å². The largest absolute Gasteiger partial charge is 0.370 e. The van der Waals surface area contributed by atoms with Crippen LogP contribution in [0.2, 0.25) is 0 Å². The second-order valence-corrected chi connectivity index (χ2v) is 10.1. The second kappa shape index (κ2) is 9.04. The lowest BCUT2D eigenvalue weighted by Gasteiger charge is -2.29. The van der Waals surface area contributed by atoms with Gasteiger partial charge in [0.15, 0.2) is 0 Å². The number of rotatable bonds is 7. The highest BCUT2D eigenvalue weighted by atomic mass is 32.2. The molecule has 0 bridgehead atoms. The molecule has 2 N–H and O–H groups in total. The molecule has 164 valence electrons. The third-order valence-electron chi connectivity index (χ3n) is 5.76. The van der Waals surface area contributed by atoms with E-state index < -0.39 is 20.7 Å². The van der Waals surface area contributed by atoms with Crippen LogP contribution in [0.1, 0.15) is 23.2 Å². The Morgan fingerprint density at radius 2 is 2.03 bits per heavy atom. The lowest BCUT2D eigenvalue weighted by molar-refractivity contribution is 0.326. The highest BCUT2D eigenvalue weighted by Crippen LogP contribution is 2.32. The van der Waals surface area contributed by atoms with Crippen LogP contribution in [0.25, 0.3) is 0 Å². The van der Waals surface area contributed by atoms with Gasteiger partial charge in [-0.15, -0.1) is 11.3 Å². The molecule has 0 saturated carbocycles. The summed E-state index contributed by atoms with van der Waals surface area (Å²) < 4.78 is 39.0. The zero-order valence-electron chi connectivity index (χ0n) is 17.2. The number of primary sulfonamides is 1. The van der Waals surface area contributed by atoms with Crippen LogP contribution in [0.5, 0.6) is 0 Å². The van der Waals surface area contributed by atoms with Crippen molar-refractivity contribution < 1.29 is 12.8 Å². The van der Waals surface area contributed by atoms with Crippen LogP contribution in [0.4, 0.5) is 10.1 Å². The van der Waals surface area contributed by atoms with Gasteiger partial charge in [-0.1, -0.05) is 30.3 Å². The first kappa shape index (κ1) is 21.9. The molecule has 1 aliphatic rings. The average molecular weight is 461 g/mol. The van der Waals surface area contributed by atoms with E-state index in [-0.39, 0.29) is 12.5 Å². The normalized spacial score (nSPS) is 17.2. The Morgan fingerprint density at radius 3 is 2.71 bits per heavy atom. The SMILES string of the molecule is CN(c1ccc(S(N)(=O)=O)c(F)c1Cc1cscn1)[C@H]1CCN(Cc2ccccc2)C1. The number of hydrogen-bond donors (Lipinski definition) is 1. The van der Waals surface area contributed by atoms with E-state index in [1.54, 1.807) is 11.6 Å². The second-order valence-electron chi connectivity index (χ2n) is 7.85. The smallest absolute Gasteiger partial charge is 0.240 e. The minimum Gasteiger partial charge on any atom is -0.370 e. The third kappa shape index (κ3) is 4.95. The number of benzene rings is 2. The van der Waals surface area contributed by atoms with Gasteiger partial charge in [-0.2, -0.15) is 0 Å². The Balaban J connectivity index is 1.60. The van der Waals surface area contributed by atoms with Crippen LogP contribution in [0, 0.1) is 5.82 Å². The molecule has 1 fully saturated rings. The summed E-state index contributed by atoms with van der Waals surface area (Å²) in [4.78, 5) is 8.20. The first-order valence-electron chi connectivity index (χ1n) is 10.0. The van der Waals surface area contributed by atoms with Crippen molar-refractivity contribution >= 4 is 27.0 Å². The molecule has 6 nitrogen and oxygen atoms in total. The molecule has 2 heterocycles. The van der Waals surface area contributed by atoms with Gasteiger partial charge < -0.3 is 4.90 Å². The van der Waals surface area contributed by atoms with Gasteiger partial charge in [0, 0.05) is 55.8 Å². The molecule has 31 heavy (non-hydrogen) atoms. The number of hydrogen-bond acceptors (Lipinski definition) is 6. The number of anilines is 1. The summed E-state index contributed by atoms with van der Waals surface area (Å²) in [7, 11) is -2.22. The van der Waals surface area contributed by atoms with Crippen molar-refractivity contribution in [3.63, 3.8) is 0 Å². The van der Waals surface area contributed by atoms with E-state index in [1.165, 1.54) is 23.0 Å². The molecular weight excluding hydrogens is 435 g/mol. The third-order valence-corrected chi connectivity index (χ3v) is 7.32. The van der Waals surface area contributed by atoms with Gasteiger partial charge in [-0.05, 0) is 24.1 Å². The Labute approximate surface area is 186 Å². The van der Waals surface area contributed by atoms with Gasteiger partial charge in [0.1, 0.15) is 10.7 Å². The molecule has 0 radical (unpaired) electrons. The number of thiazole rings is 1. The minimum atomic E-state index is -4.16. The van der Waals surface area contributed by atoms with E-state index in [4.69, 9.17) is 5.14 Å². The summed E-state index contributed by atoms with van der Waals surface area (Å²) in [6, 6.07) is 13.4. The van der Waals surface area contributed by atoms with Gasteiger partial charge >= 0.3 is 0 Å². The summed E-state index contributed by atoms with van der Waals surface area (Å²) in [6.07, 6.45) is 1.15. The van der Waals surface area contributed by atoms with Crippen LogP contribution in [0.3, 0.4) is 0 Å². The maximum Gasteiger partial charge on any atom is 0.240 e. The van der Waals surface area contributed by atoms with Gasteiger partial charge in [0.25, 0.3) is 0 Å². The van der Waals surface area contributed by atoms with Gasteiger partial charge in [0.2, 0.25) is 10.0 Å². The van der Waals surface area contributed by atoms with E-state index in [9.17, 15) is 8.42 Å². The Bertz CT molecular complexity index is 1140. The van der Waals surface area contributed by atoms with Crippen molar-refractivity contribution in [1.29, 1.82) is 0 Å². The first-order valence-corrected chi connectivity index (χ1v) is 12.5. The summed E-state index contributed by atoms with van der Waals surface area (Å²) in [5.74, 6) is -0.793. The fraction of sp³-hybridized carbons (Fsp3) is 0.318. The molecule has 9 heteroatoms. The van der Waals surface area contributed by atoms with E-state index in [1.807, 2.05) is 30.6 Å². The van der Waals surface area contributed by atoms with Crippen molar-refractivity contribution in [2.75, 3.05) is 25.0 Å². The van der Waals surface area contributed by atoms with Crippen molar-refractivity contribution in [2.24, 2.45) is 5.14 Å². The summed E-state index contributed by atoms with van der Waals surface area (Å²) >= 11 is 1.42. The maximum atomic E-state index is 15.3. The predicted octanol–water partition coefficient (Wildman–Crippen LogP) is 3.23. The van der Waals surface area contributed by atoms with Crippen LogP contribution in [-0.4, -0.2) is 44.5 Å². The zero-order chi connectivity index (χ0) is 22.0. The number of aromatic nitrogens is 1. The van der Waals surface area contributed by atoms with Gasteiger partial charge in [0.05, 0.1) is 11.2 Å². The monoisotopic (exact) mass is 460 g/mol. The lowest BCUT2D eigenvalue weighted by Crippen LogP contribution is -2.35. The van der Waals surface area contributed by atoms with Crippen LogP contribution < -0.4 is 10.0 Å². The number of likely N-dealkylation sites (N-methyl/N-ethyl adjacent to an activating group) is 1. The predicted molar refractivity (Wildman–Crippen MR) is 121 cm³/mol. The topological polar surface area (TPSA) is 79.5 Å². The number of nitrogens with two attached hydrogens (primary N) is 1. The fourth-order valence-corrected chi connectivity index (χ4v) is 5.31. The lowest BCUT2D eigenvalue weighted by atomic mass is 10.0. The Hall–Kier alpha value is -2.33. The van der Waals surface area contributed by atoms with Crippen LogP contribution in [0.15, 0.2) is 58.3 Å². The molecular formula is C22H25FN4O2S2. The van der Waals surface area contributed by atoms with E-state index in [2.05, 4.69) is 26.9 Å². The molecule has 0 unspecified atom stereocenters. The molecule has 0 spiro atoms. The van der Waals surface area contributed by atoms with E-state index in [0.717, 1.165) is 26.1 Å². The molecule has 0 amide bonds. The van der Waals surface area contributed by atoms with Gasteiger partial charge in [-0.25, -0.2) is 22.9 Å². The molecule has 1 aromatic heterocycles. The molecule has 1 aliphatic heterocycles. The maximum absolute atomic E-state index is 15.3. The molecule has 3 aromatic rings. The number of nitrogens with zero attached hydrogens (tertiary/aromatic N) is 3. The molecule has 4 rings (SSSR count). The Morgan fingerprint density at radius 1 is 1.26 bits per heavy atom. The van der Waals surface area contributed by atoms with Crippen molar-refractivity contribution in [3.8, 4) is 0 Å². The van der Waals surface area contributed by atoms with Crippen LogP contribution >= 0.6 is 11.3 Å². The van der Waals surface area contributed by atoms with E-state index >= 15 is 4.39 Å². The first-order chi connectivity index (χ1) is 14.8. The molecule has 1 atom stereocenters. The standard InChI is InChI=1S/C22H25FN4O2S2/c1-26(18-9-10-27(13-18)12-16-5-3-2-4-6-16)20-7-8-21(31(24,28)29)22(23)19(20)11-17-14-30-15-25-17/h2-8,14-15,18H,9-13H2,1H3,(H2,24,28,29)/t18-/m0/s1. The summed E-state index contributed by atoms with van der Waals surface area (Å²) in [6.45, 7) is 2.67. The number of halogens is 1. The number of sulfonamides is 1. The molecule has 0 aliphatic carbocycles. The Kier molecular flexibility index (Phi) is 6.38. The van der Waals surface area contributed by atoms with Gasteiger partial charge in [-0.3, -0.25) is 4.90 Å². The van der Waals surface area contributed by atoms with Crippen molar-refractivity contribution in [1.82, 2.24) is 9.88 Å². The van der Waals surface area contributed by atoms with E-state index in [0.29, 0.717) is 16.9 Å². The fourth-order valence-electron chi connectivity index (χ4n) is 4.12. The highest BCUT2D eigenvalue weighted by Gasteiger charge is 2.29. The minimum absolute atomic E-state index is 0.192. The number of likely N-dealkylation sites (tertiary alicyclic amines) is 1. The summed E-state index contributed by atoms with van der Waals surface area (Å²) in [5.41, 5.74) is 4.62. The molecule has 2 aromatic carbocycles. The quantitative estimate of drug-likeness (QED) is 0.586. The average Bonchev–Trinajstić information content (AvgIpc) is 3.41. The highest BCUT2D eigenvalue weighted by molar-refractivity contribution is 7.89. The zero-order valence-corrected chi connectivity index (χ0v) is 18.9. The molecule has 1 saturated heterocycles. The van der Waals surface area contributed by atoms with Crippen molar-refractivity contribution in [2.45, 2.75) is 30.3 Å². The van der Waals surface area contributed by atoms with Crippen molar-refractivity contribution in [3.05, 3.63) is 76.0 Å².